The Balaban J connectivity index is 1.90. The number of anilines is 1. The van der Waals surface area contributed by atoms with Crippen LogP contribution in [0, 0.1) is 0 Å². The van der Waals surface area contributed by atoms with Crippen LogP contribution in [0.3, 0.4) is 0 Å². The van der Waals surface area contributed by atoms with Gasteiger partial charge in [-0.15, -0.1) is 11.8 Å². The van der Waals surface area contributed by atoms with Crippen LogP contribution in [-0.4, -0.2) is 18.3 Å². The molecule has 0 bridgehead atoms. The number of para-hydroxylation sites is 2. The second-order valence-electron chi connectivity index (χ2n) is 4.63. The highest BCUT2D eigenvalue weighted by atomic mass is 32.2. The highest BCUT2D eigenvalue weighted by Gasteiger charge is 2.15. The largest absolute Gasteiger partial charge is 0.495 e. The summed E-state index contributed by atoms with van der Waals surface area (Å²) >= 11 is 1.62. The Morgan fingerprint density at radius 3 is 2.52 bits per heavy atom. The molecule has 0 heterocycles. The summed E-state index contributed by atoms with van der Waals surface area (Å²) in [6.45, 7) is 1.92. The molecule has 3 nitrogen and oxygen atoms in total. The van der Waals surface area contributed by atoms with Crippen molar-refractivity contribution in [3.05, 3.63) is 60.2 Å². The van der Waals surface area contributed by atoms with E-state index in [4.69, 9.17) is 4.74 Å². The number of carbonyl (C=O) groups excluding carboxylic acids is 1. The number of hydrogen-bond acceptors (Lipinski definition) is 3. The summed E-state index contributed by atoms with van der Waals surface area (Å²) in [5.74, 6) is 1.48. The van der Waals surface area contributed by atoms with Gasteiger partial charge in [0.2, 0.25) is 5.91 Å². The average Bonchev–Trinajstić information content (AvgIpc) is 2.54. The van der Waals surface area contributed by atoms with Crippen molar-refractivity contribution < 1.29 is 9.53 Å². The fourth-order valence-electron chi connectivity index (χ4n) is 1.85. The Bertz CT molecular complexity index is 586. The zero-order valence-corrected chi connectivity index (χ0v) is 13.0. The molecule has 4 heteroatoms. The summed E-state index contributed by atoms with van der Waals surface area (Å²) in [6.07, 6.45) is 0. The monoisotopic (exact) mass is 301 g/mol. The molecule has 1 N–H and O–H groups in total. The summed E-state index contributed by atoms with van der Waals surface area (Å²) < 4.78 is 5.23. The first kappa shape index (κ1) is 15.4. The molecule has 0 aliphatic rings. The van der Waals surface area contributed by atoms with Gasteiger partial charge in [-0.1, -0.05) is 42.5 Å². The van der Waals surface area contributed by atoms with E-state index in [2.05, 4.69) is 17.4 Å². The van der Waals surface area contributed by atoms with E-state index in [0.29, 0.717) is 11.4 Å². The molecule has 0 saturated carbocycles. The van der Waals surface area contributed by atoms with Crippen molar-refractivity contribution in [1.29, 1.82) is 0 Å². The molecule has 0 aliphatic carbocycles. The van der Waals surface area contributed by atoms with Gasteiger partial charge in [0.25, 0.3) is 0 Å². The van der Waals surface area contributed by atoms with Crippen LogP contribution < -0.4 is 10.1 Å². The number of amides is 1. The van der Waals surface area contributed by atoms with Crippen molar-refractivity contribution in [2.75, 3.05) is 12.4 Å². The third-order valence-corrected chi connectivity index (χ3v) is 4.29. The minimum atomic E-state index is -0.130. The minimum absolute atomic E-state index is 0.0135. The van der Waals surface area contributed by atoms with E-state index >= 15 is 0 Å². The van der Waals surface area contributed by atoms with Crippen LogP contribution in [-0.2, 0) is 10.5 Å². The molecule has 0 saturated heterocycles. The van der Waals surface area contributed by atoms with Crippen molar-refractivity contribution in [1.82, 2.24) is 0 Å². The quantitative estimate of drug-likeness (QED) is 0.878. The lowest BCUT2D eigenvalue weighted by molar-refractivity contribution is -0.115. The van der Waals surface area contributed by atoms with E-state index in [-0.39, 0.29) is 11.2 Å². The Kier molecular flexibility index (Phi) is 5.69. The predicted molar refractivity (Wildman–Crippen MR) is 88.8 cm³/mol. The van der Waals surface area contributed by atoms with Crippen LogP contribution in [0.25, 0.3) is 0 Å². The van der Waals surface area contributed by atoms with E-state index in [1.54, 1.807) is 18.9 Å². The molecule has 2 aromatic rings. The maximum Gasteiger partial charge on any atom is 0.237 e. The number of thioether (sulfide) groups is 1. The van der Waals surface area contributed by atoms with Gasteiger partial charge >= 0.3 is 0 Å². The van der Waals surface area contributed by atoms with Gasteiger partial charge in [0.15, 0.2) is 0 Å². The van der Waals surface area contributed by atoms with Crippen LogP contribution in [0.5, 0.6) is 5.75 Å². The molecule has 110 valence electrons. The number of hydrogen-bond donors (Lipinski definition) is 1. The fraction of sp³-hybridized carbons (Fsp3) is 0.235. The van der Waals surface area contributed by atoms with Crippen molar-refractivity contribution in [2.24, 2.45) is 0 Å². The number of carbonyl (C=O) groups is 1. The number of nitrogens with one attached hydrogen (secondary N) is 1. The number of benzene rings is 2. The van der Waals surface area contributed by atoms with Crippen molar-refractivity contribution >= 4 is 23.4 Å². The molecule has 2 aromatic carbocycles. The summed E-state index contributed by atoms with van der Waals surface area (Å²) in [5.41, 5.74) is 1.93. The van der Waals surface area contributed by atoms with Gasteiger partial charge in [-0.3, -0.25) is 4.79 Å². The van der Waals surface area contributed by atoms with Gasteiger partial charge in [0.05, 0.1) is 18.0 Å². The maximum absolute atomic E-state index is 12.2. The molecule has 1 unspecified atom stereocenters. The molecular formula is C17H19NO2S. The van der Waals surface area contributed by atoms with Gasteiger partial charge in [-0.2, -0.15) is 0 Å². The molecule has 21 heavy (non-hydrogen) atoms. The lowest BCUT2D eigenvalue weighted by atomic mass is 10.2. The predicted octanol–water partition coefficient (Wildman–Crippen LogP) is 3.96. The van der Waals surface area contributed by atoms with Gasteiger partial charge < -0.3 is 10.1 Å². The average molecular weight is 301 g/mol. The second kappa shape index (κ2) is 7.74. The van der Waals surface area contributed by atoms with E-state index in [9.17, 15) is 4.79 Å². The van der Waals surface area contributed by atoms with Gasteiger partial charge in [-0.05, 0) is 24.6 Å². The van der Waals surface area contributed by atoms with E-state index < -0.39 is 0 Å². The van der Waals surface area contributed by atoms with Crippen molar-refractivity contribution in [2.45, 2.75) is 17.9 Å². The molecule has 2 rings (SSSR count). The van der Waals surface area contributed by atoms with Gasteiger partial charge in [0, 0.05) is 5.75 Å². The smallest absolute Gasteiger partial charge is 0.237 e. The SMILES string of the molecule is COc1ccccc1NC(=O)C(C)SCc1ccccc1. The molecule has 0 fully saturated rings. The standard InChI is InChI=1S/C17H19NO2S/c1-13(21-12-14-8-4-3-5-9-14)17(19)18-15-10-6-7-11-16(15)20-2/h3-11,13H,12H2,1-2H3,(H,18,19). The molecule has 1 atom stereocenters. The highest BCUT2D eigenvalue weighted by Crippen LogP contribution is 2.25. The summed E-state index contributed by atoms with van der Waals surface area (Å²) in [6, 6.07) is 17.6. The number of methoxy groups -OCH3 is 1. The van der Waals surface area contributed by atoms with Crippen LogP contribution in [0.15, 0.2) is 54.6 Å². The topological polar surface area (TPSA) is 38.3 Å². The Morgan fingerprint density at radius 1 is 1.14 bits per heavy atom. The zero-order chi connectivity index (χ0) is 15.1. The number of rotatable bonds is 6. The maximum atomic E-state index is 12.2. The summed E-state index contributed by atoms with van der Waals surface area (Å²) in [5, 5.41) is 2.78. The number of ether oxygens (including phenoxy) is 1. The van der Waals surface area contributed by atoms with Crippen LogP contribution in [0.1, 0.15) is 12.5 Å². The minimum Gasteiger partial charge on any atom is -0.495 e. The van der Waals surface area contributed by atoms with E-state index in [0.717, 1.165) is 5.75 Å². The zero-order valence-electron chi connectivity index (χ0n) is 12.2. The first-order valence-electron chi connectivity index (χ1n) is 6.80. The Labute approximate surface area is 129 Å². The van der Waals surface area contributed by atoms with Crippen LogP contribution >= 0.6 is 11.8 Å². The fourth-order valence-corrected chi connectivity index (χ4v) is 2.70. The first-order valence-corrected chi connectivity index (χ1v) is 7.85. The van der Waals surface area contributed by atoms with Crippen LogP contribution in [0.2, 0.25) is 0 Å². The van der Waals surface area contributed by atoms with E-state index in [1.165, 1.54) is 5.56 Å². The molecule has 0 radical (unpaired) electrons. The highest BCUT2D eigenvalue weighted by molar-refractivity contribution is 7.99. The molecule has 1 amide bonds. The first-order chi connectivity index (χ1) is 10.2. The lowest BCUT2D eigenvalue weighted by Crippen LogP contribution is -2.22. The molecule has 0 aromatic heterocycles. The summed E-state index contributed by atoms with van der Waals surface area (Å²) in [4.78, 5) is 12.2. The third-order valence-electron chi connectivity index (χ3n) is 3.08. The van der Waals surface area contributed by atoms with Crippen LogP contribution in [0.4, 0.5) is 5.69 Å². The van der Waals surface area contributed by atoms with Crippen molar-refractivity contribution in [3.63, 3.8) is 0 Å². The van der Waals surface area contributed by atoms with Crippen molar-refractivity contribution in [3.8, 4) is 5.75 Å². The Hall–Kier alpha value is -1.94. The third kappa shape index (κ3) is 4.53. The van der Waals surface area contributed by atoms with Gasteiger partial charge in [-0.25, -0.2) is 0 Å². The second-order valence-corrected chi connectivity index (χ2v) is 5.96. The van der Waals surface area contributed by atoms with E-state index in [1.807, 2.05) is 49.4 Å². The summed E-state index contributed by atoms with van der Waals surface area (Å²) in [7, 11) is 1.60. The molecular weight excluding hydrogens is 282 g/mol. The normalized spacial score (nSPS) is 11.7. The van der Waals surface area contributed by atoms with Gasteiger partial charge in [0.1, 0.15) is 5.75 Å². The lowest BCUT2D eigenvalue weighted by Gasteiger charge is -2.14. The molecule has 0 aliphatic heterocycles. The molecule has 0 spiro atoms. The Morgan fingerprint density at radius 2 is 1.81 bits per heavy atom.